The van der Waals surface area contributed by atoms with Crippen molar-refractivity contribution in [3.05, 3.63) is 23.8 Å². The lowest BCUT2D eigenvalue weighted by Gasteiger charge is -2.07. The molecule has 0 aliphatic heterocycles. The molecule has 0 amide bonds. The summed E-state index contributed by atoms with van der Waals surface area (Å²) in [7, 11) is 1.45. The van der Waals surface area contributed by atoms with Crippen molar-refractivity contribution in [1.82, 2.24) is 5.16 Å². The van der Waals surface area contributed by atoms with Gasteiger partial charge >= 0.3 is 0 Å². The van der Waals surface area contributed by atoms with E-state index in [4.69, 9.17) is 20.3 Å². The van der Waals surface area contributed by atoms with E-state index >= 15 is 0 Å². The van der Waals surface area contributed by atoms with Crippen LogP contribution in [0.1, 0.15) is 5.56 Å². The first-order chi connectivity index (χ1) is 8.15. The lowest BCUT2D eigenvalue weighted by molar-refractivity contribution is 0.401. The van der Waals surface area contributed by atoms with Crippen LogP contribution in [-0.2, 0) is 0 Å². The van der Waals surface area contributed by atoms with Gasteiger partial charge in [-0.1, -0.05) is 5.16 Å². The average Bonchev–Trinajstić information content (AvgIpc) is 2.75. The van der Waals surface area contributed by atoms with Crippen molar-refractivity contribution in [3.63, 3.8) is 0 Å². The molecule has 0 aliphatic carbocycles. The molecule has 0 atom stereocenters. The Balaban J connectivity index is 2.64. The fourth-order valence-corrected chi connectivity index (χ4v) is 1.44. The normalized spacial score (nSPS) is 9.88. The minimum atomic E-state index is -0.152. The second kappa shape index (κ2) is 4.06. The van der Waals surface area contributed by atoms with Gasteiger partial charge in [-0.15, -0.1) is 0 Å². The number of nitriles is 1. The van der Waals surface area contributed by atoms with Gasteiger partial charge in [-0.2, -0.15) is 5.26 Å². The first kappa shape index (κ1) is 10.8. The number of benzene rings is 1. The van der Waals surface area contributed by atoms with E-state index in [1.807, 2.05) is 6.07 Å². The van der Waals surface area contributed by atoms with Gasteiger partial charge in [0.15, 0.2) is 11.6 Å². The van der Waals surface area contributed by atoms with Crippen LogP contribution in [0.3, 0.4) is 0 Å². The molecular weight excluding hydrogens is 222 g/mol. The average molecular weight is 231 g/mol. The van der Waals surface area contributed by atoms with Crippen LogP contribution in [0.4, 0.5) is 5.82 Å². The minimum absolute atomic E-state index is 0.121. The second-order valence-electron chi connectivity index (χ2n) is 3.30. The number of aromatic hydroxyl groups is 1. The molecule has 1 heterocycles. The zero-order chi connectivity index (χ0) is 12.4. The van der Waals surface area contributed by atoms with E-state index < -0.39 is 0 Å². The summed E-state index contributed by atoms with van der Waals surface area (Å²) in [5.74, 6) is 0.822. The van der Waals surface area contributed by atoms with Crippen LogP contribution in [0.15, 0.2) is 22.7 Å². The molecule has 6 heteroatoms. The number of phenolic OH excluding ortho intramolecular Hbond substituents is 1. The summed E-state index contributed by atoms with van der Waals surface area (Å²) in [5, 5.41) is 21.9. The highest BCUT2D eigenvalue weighted by atomic mass is 16.5. The smallest absolute Gasteiger partial charge is 0.172 e. The minimum Gasteiger partial charge on any atom is -0.506 e. The molecule has 1 aromatic heterocycles. The summed E-state index contributed by atoms with van der Waals surface area (Å²) in [6.45, 7) is 0. The molecule has 2 rings (SSSR count). The summed E-state index contributed by atoms with van der Waals surface area (Å²) in [6.07, 6.45) is 0. The Bertz CT molecular complexity index is 598. The van der Waals surface area contributed by atoms with Crippen LogP contribution in [0, 0.1) is 11.3 Å². The van der Waals surface area contributed by atoms with Gasteiger partial charge < -0.3 is 20.1 Å². The maximum atomic E-state index is 9.53. The highest BCUT2D eigenvalue weighted by Gasteiger charge is 2.15. The predicted octanol–water partition coefficient (Wildman–Crippen LogP) is 1.51. The van der Waals surface area contributed by atoms with E-state index in [2.05, 4.69) is 5.16 Å². The van der Waals surface area contributed by atoms with E-state index in [0.717, 1.165) is 0 Å². The third-order valence-electron chi connectivity index (χ3n) is 2.23. The fourth-order valence-electron chi connectivity index (χ4n) is 1.44. The second-order valence-corrected chi connectivity index (χ2v) is 3.30. The Morgan fingerprint density at radius 2 is 2.24 bits per heavy atom. The van der Waals surface area contributed by atoms with Gasteiger partial charge in [0.05, 0.1) is 18.2 Å². The van der Waals surface area contributed by atoms with Crippen molar-refractivity contribution in [2.75, 3.05) is 12.8 Å². The predicted molar refractivity (Wildman–Crippen MR) is 59.3 cm³/mol. The maximum absolute atomic E-state index is 9.53. The molecule has 1 aromatic carbocycles. The molecule has 0 spiro atoms. The maximum Gasteiger partial charge on any atom is 0.172 e. The molecule has 2 aromatic rings. The molecule has 86 valence electrons. The summed E-state index contributed by atoms with van der Waals surface area (Å²) in [4.78, 5) is 0. The van der Waals surface area contributed by atoms with Gasteiger partial charge in [0.25, 0.3) is 0 Å². The molecule has 3 N–H and O–H groups in total. The van der Waals surface area contributed by atoms with Crippen molar-refractivity contribution < 1.29 is 14.4 Å². The molecule has 0 saturated heterocycles. The molecule has 0 radical (unpaired) electrons. The summed E-state index contributed by atoms with van der Waals surface area (Å²) in [6, 6.07) is 6.17. The highest BCUT2D eigenvalue weighted by Crippen LogP contribution is 2.35. The van der Waals surface area contributed by atoms with Crippen LogP contribution >= 0.6 is 0 Å². The number of methoxy groups -OCH3 is 1. The lowest BCUT2D eigenvalue weighted by Crippen LogP contribution is -1.89. The van der Waals surface area contributed by atoms with Crippen molar-refractivity contribution in [2.24, 2.45) is 0 Å². The Hall–Kier alpha value is -2.68. The van der Waals surface area contributed by atoms with E-state index in [0.29, 0.717) is 17.1 Å². The van der Waals surface area contributed by atoms with E-state index in [1.165, 1.54) is 25.3 Å². The van der Waals surface area contributed by atoms with Gasteiger partial charge in [0.1, 0.15) is 17.6 Å². The zero-order valence-corrected chi connectivity index (χ0v) is 8.97. The number of hydrogen-bond acceptors (Lipinski definition) is 6. The SMILES string of the molecule is COc1cc(O)c(C#N)cc1-c1cc(N)no1. The number of nitrogens with two attached hydrogens (primary N) is 1. The molecule has 0 fully saturated rings. The number of phenols is 1. The van der Waals surface area contributed by atoms with Crippen LogP contribution in [0.25, 0.3) is 11.3 Å². The Kier molecular flexibility index (Phi) is 2.58. The van der Waals surface area contributed by atoms with E-state index in [-0.39, 0.29) is 17.1 Å². The number of rotatable bonds is 2. The largest absolute Gasteiger partial charge is 0.506 e. The van der Waals surface area contributed by atoms with Gasteiger partial charge in [-0.25, -0.2) is 0 Å². The fraction of sp³-hybridized carbons (Fsp3) is 0.0909. The third kappa shape index (κ3) is 1.86. The summed E-state index contributed by atoms with van der Waals surface area (Å²) in [5.41, 5.74) is 6.07. The molecular formula is C11H9N3O3. The molecule has 0 saturated carbocycles. The van der Waals surface area contributed by atoms with Crippen LogP contribution in [-0.4, -0.2) is 17.4 Å². The number of anilines is 1. The first-order valence-corrected chi connectivity index (χ1v) is 4.69. The molecule has 6 nitrogen and oxygen atoms in total. The Morgan fingerprint density at radius 3 is 2.76 bits per heavy atom. The van der Waals surface area contributed by atoms with Crippen molar-refractivity contribution in [3.8, 4) is 28.9 Å². The Morgan fingerprint density at radius 1 is 1.47 bits per heavy atom. The monoisotopic (exact) mass is 231 g/mol. The van der Waals surface area contributed by atoms with E-state index in [9.17, 15) is 5.11 Å². The zero-order valence-electron chi connectivity index (χ0n) is 8.97. The van der Waals surface area contributed by atoms with Gasteiger partial charge in [-0.05, 0) is 6.07 Å². The topological polar surface area (TPSA) is 105 Å². The quantitative estimate of drug-likeness (QED) is 0.811. The van der Waals surface area contributed by atoms with Crippen molar-refractivity contribution in [1.29, 1.82) is 5.26 Å². The number of hydrogen-bond donors (Lipinski definition) is 2. The number of ether oxygens (including phenoxy) is 1. The standard InChI is InChI=1S/C11H9N3O3/c1-16-9-3-8(15)6(5-12)2-7(9)10-4-11(13)14-17-10/h2-4,15H,1H3,(H2,13,14). The molecule has 0 unspecified atom stereocenters. The Labute approximate surface area is 96.8 Å². The number of nitrogen functional groups attached to an aromatic ring is 1. The van der Waals surface area contributed by atoms with Crippen molar-refractivity contribution in [2.45, 2.75) is 0 Å². The van der Waals surface area contributed by atoms with Gasteiger partial charge in [0.2, 0.25) is 0 Å². The van der Waals surface area contributed by atoms with Crippen molar-refractivity contribution >= 4 is 5.82 Å². The van der Waals surface area contributed by atoms with Gasteiger partial charge in [0, 0.05) is 12.1 Å². The van der Waals surface area contributed by atoms with Crippen LogP contribution < -0.4 is 10.5 Å². The van der Waals surface area contributed by atoms with Crippen LogP contribution in [0.2, 0.25) is 0 Å². The lowest BCUT2D eigenvalue weighted by atomic mass is 10.1. The first-order valence-electron chi connectivity index (χ1n) is 4.69. The van der Waals surface area contributed by atoms with E-state index in [1.54, 1.807) is 0 Å². The number of aromatic nitrogens is 1. The summed E-state index contributed by atoms with van der Waals surface area (Å²) < 4.78 is 10.1. The van der Waals surface area contributed by atoms with Crippen LogP contribution in [0.5, 0.6) is 11.5 Å². The molecule has 0 bridgehead atoms. The van der Waals surface area contributed by atoms with Gasteiger partial charge in [-0.3, -0.25) is 0 Å². The molecule has 0 aliphatic rings. The summed E-state index contributed by atoms with van der Waals surface area (Å²) >= 11 is 0. The number of nitrogens with zero attached hydrogens (tertiary/aromatic N) is 2. The third-order valence-corrected chi connectivity index (χ3v) is 2.23. The molecule has 17 heavy (non-hydrogen) atoms. The highest BCUT2D eigenvalue weighted by molar-refractivity contribution is 5.71.